The van der Waals surface area contributed by atoms with E-state index in [0.717, 1.165) is 14.7 Å². The van der Waals surface area contributed by atoms with E-state index in [0.29, 0.717) is 0 Å². The summed E-state index contributed by atoms with van der Waals surface area (Å²) in [5, 5.41) is 11.2. The fourth-order valence-electron chi connectivity index (χ4n) is 2.95. The molecule has 2 aliphatic heterocycles. The molecule has 5 amide bonds. The standard InChI is InChI=1S/C15H14ClN3O5/c1-17-13(22)15(24,18(2)14(17)23)9-7-8(16)3-4-10(9)19-11(20)5-6-12(19)21/h3-4,7,24H,5-6H2,1-2H3. The molecule has 8 nitrogen and oxygen atoms in total. The molecule has 1 aromatic carbocycles. The predicted molar refractivity (Wildman–Crippen MR) is 83.0 cm³/mol. The molecule has 0 spiro atoms. The number of rotatable bonds is 2. The smallest absolute Gasteiger partial charge is 0.329 e. The summed E-state index contributed by atoms with van der Waals surface area (Å²) in [6.45, 7) is 0. The molecular weight excluding hydrogens is 338 g/mol. The molecule has 1 atom stereocenters. The van der Waals surface area contributed by atoms with E-state index in [-0.39, 0.29) is 29.1 Å². The average molecular weight is 352 g/mol. The van der Waals surface area contributed by atoms with Crippen molar-refractivity contribution in [1.82, 2.24) is 9.80 Å². The summed E-state index contributed by atoms with van der Waals surface area (Å²) in [4.78, 5) is 51.1. The number of nitrogens with zero attached hydrogens (tertiary/aromatic N) is 3. The summed E-state index contributed by atoms with van der Waals surface area (Å²) >= 11 is 5.98. The highest BCUT2D eigenvalue weighted by molar-refractivity contribution is 6.31. The Morgan fingerprint density at radius 2 is 1.67 bits per heavy atom. The second kappa shape index (κ2) is 5.29. The molecule has 9 heteroatoms. The van der Waals surface area contributed by atoms with E-state index < -0.39 is 29.5 Å². The molecular formula is C15H14ClN3O5. The summed E-state index contributed by atoms with van der Waals surface area (Å²) in [6.07, 6.45) is 0.0872. The molecule has 0 bridgehead atoms. The second-order valence-electron chi connectivity index (χ2n) is 5.66. The number of benzene rings is 1. The molecule has 2 heterocycles. The summed E-state index contributed by atoms with van der Waals surface area (Å²) in [5.41, 5.74) is -2.41. The summed E-state index contributed by atoms with van der Waals surface area (Å²) in [6, 6.07) is 3.37. The van der Waals surface area contributed by atoms with E-state index >= 15 is 0 Å². The van der Waals surface area contributed by atoms with Gasteiger partial charge in [0, 0.05) is 37.5 Å². The third-order valence-corrected chi connectivity index (χ3v) is 4.52. The lowest BCUT2D eigenvalue weighted by Crippen LogP contribution is -2.46. The number of urea groups is 1. The quantitative estimate of drug-likeness (QED) is 0.623. The van der Waals surface area contributed by atoms with Crippen molar-refractivity contribution in [2.24, 2.45) is 0 Å². The number of amides is 5. The van der Waals surface area contributed by atoms with Crippen LogP contribution in [0.2, 0.25) is 5.02 Å². The summed E-state index contributed by atoms with van der Waals surface area (Å²) in [5.74, 6) is -1.78. The summed E-state index contributed by atoms with van der Waals surface area (Å²) in [7, 11) is 2.48. The van der Waals surface area contributed by atoms with Gasteiger partial charge in [0.2, 0.25) is 11.8 Å². The number of imide groups is 2. The van der Waals surface area contributed by atoms with Crippen molar-refractivity contribution in [2.45, 2.75) is 18.6 Å². The highest BCUT2D eigenvalue weighted by Gasteiger charge is 2.56. The first-order valence-electron chi connectivity index (χ1n) is 7.13. The molecule has 2 saturated heterocycles. The normalized spacial score (nSPS) is 24.6. The number of hydrogen-bond donors (Lipinski definition) is 1. The van der Waals surface area contributed by atoms with Crippen molar-refractivity contribution in [3.63, 3.8) is 0 Å². The van der Waals surface area contributed by atoms with E-state index in [2.05, 4.69) is 0 Å². The van der Waals surface area contributed by atoms with Crippen LogP contribution in [0.3, 0.4) is 0 Å². The Bertz CT molecular complexity index is 779. The van der Waals surface area contributed by atoms with Gasteiger partial charge in [0.25, 0.3) is 11.6 Å². The van der Waals surface area contributed by atoms with Gasteiger partial charge in [0.15, 0.2) is 0 Å². The Balaban J connectivity index is 2.23. The zero-order chi connectivity index (χ0) is 17.8. The van der Waals surface area contributed by atoms with Crippen molar-refractivity contribution in [3.8, 4) is 0 Å². The highest BCUT2D eigenvalue weighted by Crippen LogP contribution is 2.41. The monoisotopic (exact) mass is 351 g/mol. The molecule has 2 fully saturated rings. The van der Waals surface area contributed by atoms with E-state index in [1.54, 1.807) is 0 Å². The maximum atomic E-state index is 12.5. The van der Waals surface area contributed by atoms with Crippen LogP contribution in [0.1, 0.15) is 18.4 Å². The molecule has 126 valence electrons. The number of anilines is 1. The molecule has 1 unspecified atom stereocenters. The molecule has 3 rings (SSSR count). The van der Waals surface area contributed by atoms with Crippen molar-refractivity contribution in [2.75, 3.05) is 19.0 Å². The third kappa shape index (κ3) is 2.03. The third-order valence-electron chi connectivity index (χ3n) is 4.29. The minimum Gasteiger partial charge on any atom is -0.359 e. The molecule has 1 N–H and O–H groups in total. The number of carbonyl (C=O) groups is 4. The Kier molecular flexibility index (Phi) is 3.61. The number of halogens is 1. The van der Waals surface area contributed by atoms with Gasteiger partial charge in [-0.05, 0) is 18.2 Å². The highest BCUT2D eigenvalue weighted by atomic mass is 35.5. The maximum Gasteiger partial charge on any atom is 0.329 e. The molecule has 2 aliphatic rings. The van der Waals surface area contributed by atoms with Crippen molar-refractivity contribution in [1.29, 1.82) is 0 Å². The van der Waals surface area contributed by atoms with Crippen LogP contribution in [0.5, 0.6) is 0 Å². The SMILES string of the molecule is CN1C(=O)N(C)C(O)(c2cc(Cl)ccc2N2C(=O)CCC2=O)C1=O. The van der Waals surface area contributed by atoms with Crippen LogP contribution in [0, 0.1) is 0 Å². The Morgan fingerprint density at radius 3 is 2.17 bits per heavy atom. The minimum absolute atomic E-state index is 0.0395. The van der Waals surface area contributed by atoms with Gasteiger partial charge in [-0.15, -0.1) is 0 Å². The molecule has 0 radical (unpaired) electrons. The number of aliphatic hydroxyl groups is 1. The van der Waals surface area contributed by atoms with Crippen LogP contribution in [0.4, 0.5) is 10.5 Å². The predicted octanol–water partition coefficient (Wildman–Crippen LogP) is 0.662. The first kappa shape index (κ1) is 16.4. The lowest BCUT2D eigenvalue weighted by atomic mass is 9.98. The van der Waals surface area contributed by atoms with Gasteiger partial charge < -0.3 is 5.11 Å². The van der Waals surface area contributed by atoms with Gasteiger partial charge >= 0.3 is 6.03 Å². The molecule has 1 aromatic rings. The van der Waals surface area contributed by atoms with Crippen LogP contribution < -0.4 is 4.90 Å². The largest absolute Gasteiger partial charge is 0.359 e. The number of carbonyl (C=O) groups excluding carboxylic acids is 4. The Labute approximate surface area is 142 Å². The van der Waals surface area contributed by atoms with Crippen LogP contribution >= 0.6 is 11.6 Å². The van der Waals surface area contributed by atoms with Crippen molar-refractivity contribution in [3.05, 3.63) is 28.8 Å². The second-order valence-corrected chi connectivity index (χ2v) is 6.10. The topological polar surface area (TPSA) is 98.2 Å². The first-order chi connectivity index (χ1) is 11.2. The number of hydrogen-bond acceptors (Lipinski definition) is 5. The van der Waals surface area contributed by atoms with Crippen LogP contribution in [-0.2, 0) is 20.1 Å². The molecule has 24 heavy (non-hydrogen) atoms. The van der Waals surface area contributed by atoms with E-state index in [4.69, 9.17) is 11.6 Å². The van der Waals surface area contributed by atoms with Gasteiger partial charge in [-0.3, -0.25) is 29.1 Å². The fourth-order valence-corrected chi connectivity index (χ4v) is 3.12. The van der Waals surface area contributed by atoms with Gasteiger partial charge in [-0.1, -0.05) is 11.6 Å². The van der Waals surface area contributed by atoms with Gasteiger partial charge in [-0.25, -0.2) is 4.79 Å². The van der Waals surface area contributed by atoms with E-state index in [9.17, 15) is 24.3 Å². The van der Waals surface area contributed by atoms with Crippen LogP contribution in [0.25, 0.3) is 0 Å². The maximum absolute atomic E-state index is 12.5. The molecule has 0 aliphatic carbocycles. The lowest BCUT2D eigenvalue weighted by molar-refractivity contribution is -0.152. The van der Waals surface area contributed by atoms with E-state index in [1.165, 1.54) is 32.3 Å². The lowest BCUT2D eigenvalue weighted by Gasteiger charge is -2.31. The van der Waals surface area contributed by atoms with Gasteiger partial charge in [-0.2, -0.15) is 0 Å². The van der Waals surface area contributed by atoms with Gasteiger partial charge in [0.05, 0.1) is 5.69 Å². The van der Waals surface area contributed by atoms with Crippen molar-refractivity contribution < 1.29 is 24.3 Å². The Hall–Kier alpha value is -2.45. The first-order valence-corrected chi connectivity index (χ1v) is 7.51. The Morgan fingerprint density at radius 1 is 1.08 bits per heavy atom. The fraction of sp³-hybridized carbons (Fsp3) is 0.333. The summed E-state index contributed by atoms with van der Waals surface area (Å²) < 4.78 is 0. The van der Waals surface area contributed by atoms with E-state index in [1.807, 2.05) is 0 Å². The zero-order valence-electron chi connectivity index (χ0n) is 12.9. The van der Waals surface area contributed by atoms with Crippen LogP contribution in [0.15, 0.2) is 18.2 Å². The van der Waals surface area contributed by atoms with Gasteiger partial charge in [0.1, 0.15) is 0 Å². The molecule has 0 saturated carbocycles. The number of likely N-dealkylation sites (N-methyl/N-ethyl adjacent to an activating group) is 2. The van der Waals surface area contributed by atoms with Crippen molar-refractivity contribution >= 4 is 41.0 Å². The average Bonchev–Trinajstić information content (AvgIpc) is 2.95. The zero-order valence-corrected chi connectivity index (χ0v) is 13.7. The minimum atomic E-state index is -2.35. The van der Waals surface area contributed by atoms with Crippen LogP contribution in [-0.4, -0.2) is 52.8 Å². The molecule has 0 aromatic heterocycles.